The molecule has 1 amide bonds. The Morgan fingerprint density at radius 3 is 2.24 bits per heavy atom. The third kappa shape index (κ3) is 4.90. The van der Waals surface area contributed by atoms with Gasteiger partial charge in [0.25, 0.3) is 0 Å². The number of alkyl halides is 1. The average Bonchev–Trinajstić information content (AvgIpc) is 2.65. The number of ketones is 1. The SMILES string of the molecule is COc1ccc(N(CC(=O)c2ccccc2)C(=O)[C@@H](Br)[C@@H](C)O)cc1. The summed E-state index contributed by atoms with van der Waals surface area (Å²) in [6.07, 6.45) is -0.889. The van der Waals surface area contributed by atoms with E-state index in [2.05, 4.69) is 15.9 Å². The van der Waals surface area contributed by atoms with Crippen LogP contribution in [0.15, 0.2) is 54.6 Å². The standard InChI is InChI=1S/C19H20BrNO4/c1-13(22)18(20)19(24)21(15-8-10-16(25-2)11-9-15)12-17(23)14-6-4-3-5-7-14/h3-11,13,18,22H,12H2,1-2H3/t13-,18+/m1/s1. The first kappa shape index (κ1) is 19.1. The first-order chi connectivity index (χ1) is 11.9. The number of benzene rings is 2. The predicted molar refractivity (Wildman–Crippen MR) is 101 cm³/mol. The molecule has 0 aromatic heterocycles. The Morgan fingerprint density at radius 1 is 1.12 bits per heavy atom. The summed E-state index contributed by atoms with van der Waals surface area (Å²) < 4.78 is 5.13. The van der Waals surface area contributed by atoms with Crippen molar-refractivity contribution in [1.82, 2.24) is 0 Å². The molecule has 0 spiro atoms. The van der Waals surface area contributed by atoms with Gasteiger partial charge in [-0.25, -0.2) is 0 Å². The minimum absolute atomic E-state index is 0.121. The van der Waals surface area contributed by atoms with Gasteiger partial charge in [0, 0.05) is 11.3 Å². The highest BCUT2D eigenvalue weighted by Crippen LogP contribution is 2.22. The van der Waals surface area contributed by atoms with Crippen molar-refractivity contribution in [2.75, 3.05) is 18.6 Å². The molecule has 2 aromatic carbocycles. The molecule has 0 fully saturated rings. The summed E-state index contributed by atoms with van der Waals surface area (Å²) in [5, 5.41) is 9.72. The number of hydrogen-bond acceptors (Lipinski definition) is 4. The van der Waals surface area contributed by atoms with Crippen LogP contribution in [0.2, 0.25) is 0 Å². The molecule has 2 rings (SSSR count). The van der Waals surface area contributed by atoms with Crippen LogP contribution < -0.4 is 9.64 Å². The van der Waals surface area contributed by atoms with Crippen molar-refractivity contribution in [3.63, 3.8) is 0 Å². The molecule has 2 aromatic rings. The Balaban J connectivity index is 2.31. The number of amides is 1. The molecule has 0 unspecified atom stereocenters. The molecule has 5 nitrogen and oxygen atoms in total. The van der Waals surface area contributed by atoms with Crippen LogP contribution in [-0.2, 0) is 4.79 Å². The first-order valence-corrected chi connectivity index (χ1v) is 8.71. The van der Waals surface area contributed by atoms with Gasteiger partial charge in [-0.05, 0) is 31.2 Å². The van der Waals surface area contributed by atoms with Gasteiger partial charge in [-0.15, -0.1) is 0 Å². The number of methoxy groups -OCH3 is 1. The zero-order valence-corrected chi connectivity index (χ0v) is 15.6. The fraction of sp³-hybridized carbons (Fsp3) is 0.263. The van der Waals surface area contributed by atoms with Crippen LogP contribution in [-0.4, -0.2) is 41.4 Å². The van der Waals surface area contributed by atoms with Crippen LogP contribution in [0, 0.1) is 0 Å². The van der Waals surface area contributed by atoms with E-state index in [1.54, 1.807) is 55.6 Å². The van der Waals surface area contributed by atoms with E-state index in [-0.39, 0.29) is 18.2 Å². The number of aliphatic hydroxyl groups is 1. The second-order valence-corrected chi connectivity index (χ2v) is 6.54. The molecule has 0 aliphatic carbocycles. The maximum absolute atomic E-state index is 12.7. The van der Waals surface area contributed by atoms with Crippen LogP contribution in [0.4, 0.5) is 5.69 Å². The van der Waals surface area contributed by atoms with Crippen molar-refractivity contribution in [3.8, 4) is 5.75 Å². The van der Waals surface area contributed by atoms with E-state index >= 15 is 0 Å². The first-order valence-electron chi connectivity index (χ1n) is 7.80. The molecule has 0 aliphatic rings. The van der Waals surface area contributed by atoms with E-state index in [1.165, 1.54) is 11.8 Å². The molecular formula is C19H20BrNO4. The van der Waals surface area contributed by atoms with Gasteiger partial charge in [-0.3, -0.25) is 9.59 Å². The molecule has 0 radical (unpaired) electrons. The van der Waals surface area contributed by atoms with Crippen LogP contribution >= 0.6 is 15.9 Å². The van der Waals surface area contributed by atoms with Gasteiger partial charge in [0.05, 0.1) is 19.8 Å². The lowest BCUT2D eigenvalue weighted by Crippen LogP contribution is -2.43. The summed E-state index contributed by atoms with van der Waals surface area (Å²) in [5.74, 6) is 0.0796. The van der Waals surface area contributed by atoms with Gasteiger partial charge in [-0.1, -0.05) is 46.3 Å². The highest BCUT2D eigenvalue weighted by atomic mass is 79.9. The van der Waals surface area contributed by atoms with Gasteiger partial charge in [0.2, 0.25) is 5.91 Å². The molecule has 25 heavy (non-hydrogen) atoms. The number of halogens is 1. The Kier molecular flexibility index (Phi) is 6.73. The van der Waals surface area contributed by atoms with E-state index in [0.717, 1.165) is 0 Å². The van der Waals surface area contributed by atoms with Crippen molar-refractivity contribution in [1.29, 1.82) is 0 Å². The van der Waals surface area contributed by atoms with E-state index in [4.69, 9.17) is 4.74 Å². The fourth-order valence-electron chi connectivity index (χ4n) is 2.27. The summed E-state index contributed by atoms with van der Waals surface area (Å²) in [6.45, 7) is 1.40. The zero-order valence-electron chi connectivity index (χ0n) is 14.1. The molecule has 0 saturated heterocycles. The van der Waals surface area contributed by atoms with Crippen molar-refractivity contribution in [2.45, 2.75) is 17.9 Å². The highest BCUT2D eigenvalue weighted by Gasteiger charge is 2.28. The topological polar surface area (TPSA) is 66.8 Å². The number of carbonyl (C=O) groups is 2. The van der Waals surface area contributed by atoms with Crippen LogP contribution in [0.3, 0.4) is 0 Å². The lowest BCUT2D eigenvalue weighted by Gasteiger charge is -2.26. The molecular weight excluding hydrogens is 386 g/mol. The van der Waals surface area contributed by atoms with Crippen molar-refractivity contribution in [3.05, 3.63) is 60.2 Å². The molecule has 2 atom stereocenters. The van der Waals surface area contributed by atoms with Crippen LogP contribution in [0.5, 0.6) is 5.75 Å². The second kappa shape index (κ2) is 8.78. The number of rotatable bonds is 7. The summed E-state index contributed by atoms with van der Waals surface area (Å²) in [6, 6.07) is 15.6. The monoisotopic (exact) mass is 405 g/mol. The van der Waals surface area contributed by atoms with Gasteiger partial charge in [0.15, 0.2) is 5.78 Å². The Bertz CT molecular complexity index is 716. The van der Waals surface area contributed by atoms with E-state index in [9.17, 15) is 14.7 Å². The smallest absolute Gasteiger partial charge is 0.243 e. The zero-order chi connectivity index (χ0) is 18.4. The van der Waals surface area contributed by atoms with E-state index in [1.807, 2.05) is 6.07 Å². The third-order valence-corrected chi connectivity index (χ3v) is 4.86. The Hall–Kier alpha value is -2.18. The predicted octanol–water partition coefficient (Wildman–Crippen LogP) is 3.06. The molecule has 132 valence electrons. The quantitative estimate of drug-likeness (QED) is 0.567. The van der Waals surface area contributed by atoms with Crippen LogP contribution in [0.1, 0.15) is 17.3 Å². The summed E-state index contributed by atoms with van der Waals surface area (Å²) >= 11 is 3.20. The van der Waals surface area contributed by atoms with Crippen molar-refractivity contribution >= 4 is 33.3 Å². The third-order valence-electron chi connectivity index (χ3n) is 3.71. The number of anilines is 1. The number of Topliss-reactive ketones (excluding diaryl/α,β-unsaturated/α-hetero) is 1. The highest BCUT2D eigenvalue weighted by molar-refractivity contribution is 9.10. The number of nitrogens with zero attached hydrogens (tertiary/aromatic N) is 1. The minimum Gasteiger partial charge on any atom is -0.497 e. The summed E-state index contributed by atoms with van der Waals surface area (Å²) in [4.78, 5) is 25.8. The maximum Gasteiger partial charge on any atom is 0.243 e. The average molecular weight is 406 g/mol. The molecule has 0 saturated carbocycles. The van der Waals surface area contributed by atoms with Crippen molar-refractivity contribution in [2.24, 2.45) is 0 Å². The molecule has 6 heteroatoms. The Morgan fingerprint density at radius 2 is 1.72 bits per heavy atom. The summed E-state index contributed by atoms with van der Waals surface area (Å²) in [5.41, 5.74) is 1.08. The Labute approximate surface area is 155 Å². The van der Waals surface area contributed by atoms with Gasteiger partial charge in [0.1, 0.15) is 10.6 Å². The normalized spacial score (nSPS) is 13.0. The van der Waals surface area contributed by atoms with Crippen LogP contribution in [0.25, 0.3) is 0 Å². The van der Waals surface area contributed by atoms with Gasteiger partial charge in [-0.2, -0.15) is 0 Å². The summed E-state index contributed by atoms with van der Waals surface area (Å²) in [7, 11) is 1.55. The number of hydrogen-bond donors (Lipinski definition) is 1. The number of aliphatic hydroxyl groups excluding tert-OH is 1. The molecule has 1 N–H and O–H groups in total. The maximum atomic E-state index is 12.7. The molecule has 0 aliphatic heterocycles. The molecule has 0 bridgehead atoms. The second-order valence-electron chi connectivity index (χ2n) is 5.55. The largest absolute Gasteiger partial charge is 0.497 e. The van der Waals surface area contributed by atoms with Gasteiger partial charge >= 0.3 is 0 Å². The number of ether oxygens (including phenoxy) is 1. The lowest BCUT2D eigenvalue weighted by molar-refractivity contribution is -0.119. The van der Waals surface area contributed by atoms with E-state index in [0.29, 0.717) is 17.0 Å². The van der Waals surface area contributed by atoms with Crippen molar-refractivity contribution < 1.29 is 19.4 Å². The number of carbonyl (C=O) groups excluding carboxylic acids is 2. The lowest BCUT2D eigenvalue weighted by atomic mass is 10.1. The van der Waals surface area contributed by atoms with E-state index < -0.39 is 10.9 Å². The minimum atomic E-state index is -0.889. The molecule has 0 heterocycles. The van der Waals surface area contributed by atoms with Gasteiger partial charge < -0.3 is 14.7 Å². The fourth-order valence-corrected chi connectivity index (χ4v) is 2.52.